The summed E-state index contributed by atoms with van der Waals surface area (Å²) in [6.07, 6.45) is 4.60. The number of nitrogens with zero attached hydrogens (tertiary/aromatic N) is 3. The number of aromatic nitrogens is 1. The fourth-order valence-electron chi connectivity index (χ4n) is 5.84. The second-order valence-corrected chi connectivity index (χ2v) is 11.4. The Kier molecular flexibility index (Phi) is 7.00. The molecule has 3 fully saturated rings. The van der Waals surface area contributed by atoms with Crippen molar-refractivity contribution >= 4 is 34.1 Å². The predicted molar refractivity (Wildman–Crippen MR) is 129 cm³/mol. The van der Waals surface area contributed by atoms with E-state index in [1.165, 1.54) is 31.4 Å². The Balaban J connectivity index is 1.33. The van der Waals surface area contributed by atoms with E-state index in [-0.39, 0.29) is 16.5 Å². The van der Waals surface area contributed by atoms with Crippen molar-refractivity contribution in [1.29, 1.82) is 0 Å². The molecule has 3 aliphatic rings. The second-order valence-electron chi connectivity index (χ2n) is 9.85. The number of pyridine rings is 1. The summed E-state index contributed by atoms with van der Waals surface area (Å²) in [6, 6.07) is 4.89. The van der Waals surface area contributed by atoms with Crippen molar-refractivity contribution in [3.8, 4) is 0 Å². The van der Waals surface area contributed by atoms with E-state index in [4.69, 9.17) is 16.3 Å². The molecule has 1 aliphatic carbocycles. The molecule has 2 saturated heterocycles. The van der Waals surface area contributed by atoms with Crippen molar-refractivity contribution in [2.45, 2.75) is 36.2 Å². The number of fused-ring (bicyclic) bond motifs is 2. The van der Waals surface area contributed by atoms with Crippen LogP contribution in [0.1, 0.15) is 25.7 Å². The number of halogens is 4. The lowest BCUT2D eigenvalue weighted by atomic mass is 9.95. The zero-order valence-electron chi connectivity index (χ0n) is 19.4. The SMILES string of the molecule is CO[C@@]1(CN2C[C@@H]3CC[C@@H](C3)C2)CCN(c2cc(F)c(S(=O)Nc3cccc(F)n3)c(F)c2Cl)C1. The van der Waals surface area contributed by atoms with Crippen LogP contribution in [0, 0.1) is 29.4 Å². The predicted octanol–water partition coefficient (Wildman–Crippen LogP) is 4.61. The highest BCUT2D eigenvalue weighted by atomic mass is 35.5. The lowest BCUT2D eigenvalue weighted by molar-refractivity contribution is -0.0290. The molecule has 1 aromatic heterocycles. The van der Waals surface area contributed by atoms with Crippen LogP contribution in [0.5, 0.6) is 0 Å². The number of nitrogens with one attached hydrogen (secondary N) is 1. The standard InChI is InChI=1S/C24H28ClF3N4O2S/c1-34-24(13-31-11-15-5-6-16(9-15)12-31)7-8-32(14-24)18-10-17(26)23(22(28)21(18)25)35(33)30-20-4-2-3-19(27)29-20/h2-4,10,15-16H,5-9,11-14H2,1H3,(H,29,30)/t15-,16+,24-,35?/m1/s1. The molecular formula is C24H28ClF3N4O2S. The Hall–Kier alpha value is -1.88. The van der Waals surface area contributed by atoms with Crippen LogP contribution in [0.15, 0.2) is 29.2 Å². The summed E-state index contributed by atoms with van der Waals surface area (Å²) in [5, 5.41) is -0.313. The number of ether oxygens (including phenoxy) is 1. The maximum Gasteiger partial charge on any atom is 0.214 e. The van der Waals surface area contributed by atoms with Gasteiger partial charge in [-0.05, 0) is 49.7 Å². The molecule has 1 saturated carbocycles. The van der Waals surface area contributed by atoms with Crippen LogP contribution in [-0.2, 0) is 15.7 Å². The maximum atomic E-state index is 15.2. The smallest absolute Gasteiger partial charge is 0.214 e. The molecule has 2 aromatic rings. The van der Waals surface area contributed by atoms with Crippen molar-refractivity contribution in [2.75, 3.05) is 49.5 Å². The third-order valence-electron chi connectivity index (χ3n) is 7.48. The Morgan fingerprint density at radius 2 is 2.00 bits per heavy atom. The molecule has 2 bridgehead atoms. The summed E-state index contributed by atoms with van der Waals surface area (Å²) in [5.41, 5.74) is -0.261. The topological polar surface area (TPSA) is 57.7 Å². The zero-order valence-corrected chi connectivity index (χ0v) is 21.0. The van der Waals surface area contributed by atoms with E-state index in [9.17, 15) is 8.60 Å². The molecule has 6 nitrogen and oxygen atoms in total. The molecule has 0 radical (unpaired) electrons. The molecule has 0 spiro atoms. The van der Waals surface area contributed by atoms with Gasteiger partial charge in [0.1, 0.15) is 21.6 Å². The quantitative estimate of drug-likeness (QED) is 0.420. The van der Waals surface area contributed by atoms with Crippen molar-refractivity contribution < 1.29 is 22.1 Å². The van der Waals surface area contributed by atoms with Crippen LogP contribution < -0.4 is 9.62 Å². The Morgan fingerprint density at radius 1 is 1.26 bits per heavy atom. The fourth-order valence-corrected chi connectivity index (χ4v) is 7.07. The Bertz CT molecular complexity index is 1130. The minimum atomic E-state index is -2.37. The molecule has 11 heteroatoms. The lowest BCUT2D eigenvalue weighted by Gasteiger charge is -2.38. The van der Waals surface area contributed by atoms with Crippen LogP contribution >= 0.6 is 11.6 Å². The first-order chi connectivity index (χ1) is 16.8. The Labute approximate surface area is 210 Å². The molecule has 2 aliphatic heterocycles. The van der Waals surface area contributed by atoms with E-state index in [2.05, 4.69) is 14.6 Å². The monoisotopic (exact) mass is 528 g/mol. The molecule has 1 N–H and O–H groups in total. The van der Waals surface area contributed by atoms with E-state index < -0.39 is 39.1 Å². The molecule has 1 aromatic carbocycles. The average molecular weight is 529 g/mol. The van der Waals surface area contributed by atoms with Gasteiger partial charge in [-0.15, -0.1) is 0 Å². The van der Waals surface area contributed by atoms with Crippen molar-refractivity contribution in [1.82, 2.24) is 9.88 Å². The largest absolute Gasteiger partial charge is 0.375 e. The van der Waals surface area contributed by atoms with Gasteiger partial charge in [-0.2, -0.15) is 4.39 Å². The van der Waals surface area contributed by atoms with Crippen molar-refractivity contribution in [3.05, 3.63) is 46.9 Å². The molecule has 1 unspecified atom stereocenters. The van der Waals surface area contributed by atoms with Crippen LogP contribution in [0.25, 0.3) is 0 Å². The van der Waals surface area contributed by atoms with Gasteiger partial charge in [0.15, 0.2) is 16.8 Å². The zero-order chi connectivity index (χ0) is 24.7. The first-order valence-corrected chi connectivity index (χ1v) is 13.3. The van der Waals surface area contributed by atoms with Crippen molar-refractivity contribution in [2.24, 2.45) is 11.8 Å². The van der Waals surface area contributed by atoms with Gasteiger partial charge in [-0.25, -0.2) is 18.0 Å². The highest BCUT2D eigenvalue weighted by Gasteiger charge is 2.43. The molecular weight excluding hydrogens is 501 g/mol. The highest BCUT2D eigenvalue weighted by Crippen LogP contribution is 2.40. The summed E-state index contributed by atoms with van der Waals surface area (Å²) in [6.45, 7) is 3.88. The number of anilines is 2. The van der Waals surface area contributed by atoms with Gasteiger partial charge in [0.05, 0.1) is 11.3 Å². The van der Waals surface area contributed by atoms with E-state index in [0.717, 1.165) is 43.6 Å². The first-order valence-electron chi connectivity index (χ1n) is 11.8. The lowest BCUT2D eigenvalue weighted by Crippen LogP contribution is -2.50. The number of piperidine rings is 1. The number of methoxy groups -OCH3 is 1. The molecule has 3 heterocycles. The van der Waals surface area contributed by atoms with E-state index in [0.29, 0.717) is 19.5 Å². The number of hydrogen-bond donors (Lipinski definition) is 1. The third-order valence-corrected chi connectivity index (χ3v) is 8.98. The number of rotatable bonds is 7. The Morgan fingerprint density at radius 3 is 2.69 bits per heavy atom. The molecule has 0 amide bonds. The van der Waals surface area contributed by atoms with Crippen LogP contribution in [0.4, 0.5) is 24.7 Å². The van der Waals surface area contributed by atoms with Gasteiger partial charge in [0.2, 0.25) is 5.95 Å². The molecule has 4 atom stereocenters. The van der Waals surface area contributed by atoms with E-state index >= 15 is 8.78 Å². The summed E-state index contributed by atoms with van der Waals surface area (Å²) in [7, 11) is -0.689. The number of hydrogen-bond acceptors (Lipinski definition) is 5. The van der Waals surface area contributed by atoms with Crippen LogP contribution in [-0.4, -0.2) is 59.5 Å². The van der Waals surface area contributed by atoms with Gasteiger partial charge in [-0.3, -0.25) is 9.62 Å². The summed E-state index contributed by atoms with van der Waals surface area (Å²) < 4.78 is 64.5. The molecule has 5 rings (SSSR count). The van der Waals surface area contributed by atoms with Gasteiger partial charge >= 0.3 is 0 Å². The van der Waals surface area contributed by atoms with E-state index in [1.54, 1.807) is 7.11 Å². The normalized spacial score (nSPS) is 27.4. The van der Waals surface area contributed by atoms with Gasteiger partial charge in [-0.1, -0.05) is 17.7 Å². The number of benzene rings is 1. The molecule has 35 heavy (non-hydrogen) atoms. The van der Waals surface area contributed by atoms with Gasteiger partial charge in [0, 0.05) is 45.9 Å². The minimum Gasteiger partial charge on any atom is -0.375 e. The average Bonchev–Trinajstić information content (AvgIpc) is 3.39. The summed E-state index contributed by atoms with van der Waals surface area (Å²) >= 11 is 6.32. The third kappa shape index (κ3) is 5.03. The fraction of sp³-hybridized carbons (Fsp3) is 0.542. The van der Waals surface area contributed by atoms with E-state index in [1.807, 2.05) is 4.90 Å². The van der Waals surface area contributed by atoms with Crippen LogP contribution in [0.3, 0.4) is 0 Å². The van der Waals surface area contributed by atoms with Gasteiger partial charge < -0.3 is 9.64 Å². The van der Waals surface area contributed by atoms with Gasteiger partial charge in [0.25, 0.3) is 0 Å². The molecule has 190 valence electrons. The van der Waals surface area contributed by atoms with Crippen LogP contribution in [0.2, 0.25) is 5.02 Å². The van der Waals surface area contributed by atoms with Crippen molar-refractivity contribution in [3.63, 3.8) is 0 Å². The maximum absolute atomic E-state index is 15.2. The highest BCUT2D eigenvalue weighted by molar-refractivity contribution is 7.86. The second kappa shape index (κ2) is 9.88. The first kappa shape index (κ1) is 24.8. The summed E-state index contributed by atoms with van der Waals surface area (Å²) in [5.74, 6) is -1.55. The number of likely N-dealkylation sites (tertiary alicyclic amines) is 1. The minimum absolute atomic E-state index is 0.113. The summed E-state index contributed by atoms with van der Waals surface area (Å²) in [4.78, 5) is 7.08.